The lowest BCUT2D eigenvalue weighted by Gasteiger charge is -2.15. The third-order valence-electron chi connectivity index (χ3n) is 10.2. The molecule has 0 aliphatic carbocycles. The summed E-state index contributed by atoms with van der Waals surface area (Å²) < 4.78 is 8.55. The molecule has 2 heterocycles. The topological polar surface area (TPSA) is 31.0 Å². The maximum atomic E-state index is 6.19. The molecule has 0 aliphatic rings. The molecule has 0 fully saturated rings. The maximum absolute atomic E-state index is 6.19. The Morgan fingerprint density at radius 1 is 0.540 bits per heavy atom. The van der Waals surface area contributed by atoms with E-state index in [2.05, 4.69) is 176 Å². The Balaban J connectivity index is 1.06. The minimum atomic E-state index is 0.495. The fraction of sp³-hybridized carbons (Fsp3) is 0.0851. The molecular formula is C47H36N2O. The van der Waals surface area contributed by atoms with Crippen molar-refractivity contribution in [1.82, 2.24) is 9.55 Å². The van der Waals surface area contributed by atoms with Crippen LogP contribution in [0, 0.1) is 0 Å². The monoisotopic (exact) mass is 644 g/mol. The van der Waals surface area contributed by atoms with Crippen molar-refractivity contribution in [2.75, 3.05) is 0 Å². The SMILES string of the molecule is CCC(C)c1ccc2oc(-c3ccc(-c4ccccc4-c4ccccc4-c4ccc(-n5c6ccccc6c6ccccc65)cc4)cc3)nc2c1. The zero-order valence-electron chi connectivity index (χ0n) is 28.2. The molecule has 0 bridgehead atoms. The summed E-state index contributed by atoms with van der Waals surface area (Å²) in [5.74, 6) is 1.14. The fourth-order valence-electron chi connectivity index (χ4n) is 7.33. The van der Waals surface area contributed by atoms with Crippen LogP contribution in [0.25, 0.3) is 83.4 Å². The minimum absolute atomic E-state index is 0.495. The van der Waals surface area contributed by atoms with Crippen LogP contribution in [0.5, 0.6) is 0 Å². The Hall–Kier alpha value is -6.19. The highest BCUT2D eigenvalue weighted by Gasteiger charge is 2.16. The van der Waals surface area contributed by atoms with E-state index >= 15 is 0 Å². The first-order valence-electron chi connectivity index (χ1n) is 17.4. The van der Waals surface area contributed by atoms with E-state index in [0.29, 0.717) is 11.8 Å². The van der Waals surface area contributed by atoms with Gasteiger partial charge in [0.15, 0.2) is 5.58 Å². The second-order valence-electron chi connectivity index (χ2n) is 13.1. The Morgan fingerprint density at radius 3 is 1.62 bits per heavy atom. The summed E-state index contributed by atoms with van der Waals surface area (Å²) in [7, 11) is 0. The zero-order chi connectivity index (χ0) is 33.6. The van der Waals surface area contributed by atoms with E-state index in [1.54, 1.807) is 0 Å². The molecule has 2 aromatic heterocycles. The van der Waals surface area contributed by atoms with Crippen molar-refractivity contribution in [3.63, 3.8) is 0 Å². The van der Waals surface area contributed by atoms with Crippen molar-refractivity contribution in [3.8, 4) is 50.5 Å². The van der Waals surface area contributed by atoms with Gasteiger partial charge in [-0.3, -0.25) is 0 Å². The van der Waals surface area contributed by atoms with Gasteiger partial charge in [-0.05, 0) is 99.8 Å². The second-order valence-corrected chi connectivity index (χ2v) is 13.1. The van der Waals surface area contributed by atoms with Gasteiger partial charge < -0.3 is 8.98 Å². The summed E-state index contributed by atoms with van der Waals surface area (Å²) in [4.78, 5) is 4.86. The molecule has 1 atom stereocenters. The maximum Gasteiger partial charge on any atom is 0.227 e. The molecular weight excluding hydrogens is 609 g/mol. The van der Waals surface area contributed by atoms with Gasteiger partial charge in [-0.15, -0.1) is 0 Å². The highest BCUT2D eigenvalue weighted by atomic mass is 16.3. The summed E-state index contributed by atoms with van der Waals surface area (Å²) in [6, 6.07) is 58.6. The van der Waals surface area contributed by atoms with Gasteiger partial charge in [0.1, 0.15) is 5.52 Å². The first kappa shape index (κ1) is 29.9. The first-order chi connectivity index (χ1) is 24.7. The molecule has 7 aromatic carbocycles. The van der Waals surface area contributed by atoms with Gasteiger partial charge in [0, 0.05) is 22.0 Å². The molecule has 3 nitrogen and oxygen atoms in total. The lowest BCUT2D eigenvalue weighted by Crippen LogP contribution is -1.94. The number of para-hydroxylation sites is 2. The molecule has 0 N–H and O–H groups in total. The van der Waals surface area contributed by atoms with Crippen molar-refractivity contribution < 1.29 is 4.42 Å². The average molecular weight is 645 g/mol. The predicted molar refractivity (Wildman–Crippen MR) is 209 cm³/mol. The van der Waals surface area contributed by atoms with Crippen LogP contribution >= 0.6 is 0 Å². The largest absolute Gasteiger partial charge is 0.436 e. The minimum Gasteiger partial charge on any atom is -0.436 e. The summed E-state index contributed by atoms with van der Waals surface area (Å²) in [5, 5.41) is 2.54. The molecule has 9 rings (SSSR count). The van der Waals surface area contributed by atoms with E-state index in [1.165, 1.54) is 55.2 Å². The Kier molecular flexibility index (Phi) is 7.39. The second kappa shape index (κ2) is 12.4. The summed E-state index contributed by atoms with van der Waals surface area (Å²) in [6.07, 6.45) is 1.10. The van der Waals surface area contributed by atoms with Gasteiger partial charge in [0.25, 0.3) is 0 Å². The van der Waals surface area contributed by atoms with E-state index in [9.17, 15) is 0 Å². The molecule has 9 aromatic rings. The normalized spacial score (nSPS) is 12.2. The first-order valence-corrected chi connectivity index (χ1v) is 17.4. The number of aromatic nitrogens is 2. The zero-order valence-corrected chi connectivity index (χ0v) is 28.2. The highest BCUT2D eigenvalue weighted by molar-refractivity contribution is 6.09. The van der Waals surface area contributed by atoms with Crippen LogP contribution < -0.4 is 0 Å². The van der Waals surface area contributed by atoms with Gasteiger partial charge in [-0.1, -0.05) is 129 Å². The molecule has 0 amide bonds. The Labute approximate surface area is 292 Å². The van der Waals surface area contributed by atoms with Crippen LogP contribution in [0.15, 0.2) is 168 Å². The number of nitrogens with zero attached hydrogens (tertiary/aromatic N) is 2. The van der Waals surface area contributed by atoms with Crippen LogP contribution in [0.4, 0.5) is 0 Å². The van der Waals surface area contributed by atoms with Gasteiger partial charge >= 0.3 is 0 Å². The van der Waals surface area contributed by atoms with E-state index in [-0.39, 0.29) is 0 Å². The smallest absolute Gasteiger partial charge is 0.227 e. The molecule has 1 unspecified atom stereocenters. The van der Waals surface area contributed by atoms with Crippen molar-refractivity contribution in [2.24, 2.45) is 0 Å². The standard InChI is InChI=1S/C47H36N2O/c1-3-31(2)35-26-29-46-43(30-35)48-47(50-46)34-22-20-32(21-23-34)37-12-4-6-14-39(37)40-15-7-5-13-38(40)33-24-27-36(28-25-33)49-44-18-10-8-16-41(44)42-17-9-11-19-45(42)49/h4-31H,3H2,1-2H3. The van der Waals surface area contributed by atoms with Crippen LogP contribution in [-0.4, -0.2) is 9.55 Å². The summed E-state index contributed by atoms with van der Waals surface area (Å²) in [5.41, 5.74) is 14.7. The Bertz CT molecular complexity index is 2590. The van der Waals surface area contributed by atoms with E-state index in [1.807, 2.05) is 6.07 Å². The summed E-state index contributed by atoms with van der Waals surface area (Å²) >= 11 is 0. The van der Waals surface area contributed by atoms with E-state index in [4.69, 9.17) is 9.40 Å². The molecule has 3 heteroatoms. The van der Waals surface area contributed by atoms with Crippen LogP contribution in [0.3, 0.4) is 0 Å². The number of fused-ring (bicyclic) bond motifs is 4. The van der Waals surface area contributed by atoms with Gasteiger partial charge in [0.05, 0.1) is 11.0 Å². The van der Waals surface area contributed by atoms with Crippen LogP contribution in [-0.2, 0) is 0 Å². The van der Waals surface area contributed by atoms with Gasteiger partial charge in [-0.2, -0.15) is 0 Å². The molecule has 0 saturated heterocycles. The molecule has 0 spiro atoms. The number of hydrogen-bond acceptors (Lipinski definition) is 2. The molecule has 240 valence electrons. The van der Waals surface area contributed by atoms with Crippen molar-refractivity contribution >= 4 is 32.9 Å². The lowest BCUT2D eigenvalue weighted by molar-refractivity contribution is 0.619. The van der Waals surface area contributed by atoms with Crippen molar-refractivity contribution in [3.05, 3.63) is 169 Å². The molecule has 0 aliphatic heterocycles. The van der Waals surface area contributed by atoms with Crippen LogP contribution in [0.2, 0.25) is 0 Å². The third-order valence-corrected chi connectivity index (χ3v) is 10.2. The van der Waals surface area contributed by atoms with E-state index < -0.39 is 0 Å². The van der Waals surface area contributed by atoms with Gasteiger partial charge in [0.2, 0.25) is 5.89 Å². The number of hydrogen-bond donors (Lipinski definition) is 0. The average Bonchev–Trinajstić information content (AvgIpc) is 3.77. The van der Waals surface area contributed by atoms with E-state index in [0.717, 1.165) is 34.3 Å². The number of oxazole rings is 1. The Morgan fingerprint density at radius 2 is 1.04 bits per heavy atom. The molecule has 0 radical (unpaired) electrons. The third kappa shape index (κ3) is 5.10. The van der Waals surface area contributed by atoms with Gasteiger partial charge in [-0.25, -0.2) is 4.98 Å². The van der Waals surface area contributed by atoms with Crippen molar-refractivity contribution in [1.29, 1.82) is 0 Å². The van der Waals surface area contributed by atoms with Crippen molar-refractivity contribution in [2.45, 2.75) is 26.2 Å². The molecule has 50 heavy (non-hydrogen) atoms. The quantitative estimate of drug-likeness (QED) is 0.173. The predicted octanol–water partition coefficient (Wildman–Crippen LogP) is 13.1. The highest BCUT2D eigenvalue weighted by Crippen LogP contribution is 2.40. The lowest BCUT2D eigenvalue weighted by atomic mass is 9.89. The van der Waals surface area contributed by atoms with Crippen LogP contribution in [0.1, 0.15) is 31.7 Å². The fourth-order valence-corrected chi connectivity index (χ4v) is 7.33. The molecule has 0 saturated carbocycles. The number of rotatable bonds is 7. The number of benzene rings is 7. The summed E-state index contributed by atoms with van der Waals surface area (Å²) in [6.45, 7) is 4.47.